The molecule has 0 aromatic carbocycles. The molecule has 2 rings (SSSR count). The summed E-state index contributed by atoms with van der Waals surface area (Å²) >= 11 is 1.17. The summed E-state index contributed by atoms with van der Waals surface area (Å²) in [5.74, 6) is -0.130. The highest BCUT2D eigenvalue weighted by Gasteiger charge is 2.31. The van der Waals surface area contributed by atoms with Crippen molar-refractivity contribution in [2.24, 2.45) is 0 Å². The van der Waals surface area contributed by atoms with Crippen LogP contribution in [0.5, 0.6) is 0 Å². The Kier molecular flexibility index (Phi) is 4.60. The number of hydrogen-bond donors (Lipinski definition) is 1. The Bertz CT molecular complexity index is 651. The van der Waals surface area contributed by atoms with E-state index < -0.39 is 9.84 Å². The topological polar surface area (TPSA) is 89.7 Å². The van der Waals surface area contributed by atoms with E-state index in [1.165, 1.54) is 11.3 Å². The van der Waals surface area contributed by atoms with Gasteiger partial charge in [0.1, 0.15) is 9.90 Å². The molecule has 1 aromatic rings. The summed E-state index contributed by atoms with van der Waals surface area (Å²) in [5.41, 5.74) is 6.05. The molecule has 1 aliphatic rings. The van der Waals surface area contributed by atoms with E-state index in [0.29, 0.717) is 36.0 Å². The molecule has 2 heterocycles. The maximum Gasteiger partial charge on any atom is 0.180 e. The van der Waals surface area contributed by atoms with Gasteiger partial charge in [-0.15, -0.1) is 11.3 Å². The van der Waals surface area contributed by atoms with Crippen LogP contribution < -0.4 is 10.6 Å². The van der Waals surface area contributed by atoms with Gasteiger partial charge in [0.15, 0.2) is 15.6 Å². The molecule has 8 heteroatoms. The van der Waals surface area contributed by atoms with Crippen molar-refractivity contribution in [2.75, 3.05) is 36.6 Å². The number of nitrogens with two attached hydrogens (primary N) is 1. The lowest BCUT2D eigenvalue weighted by atomic mass is 10.2. The lowest BCUT2D eigenvalue weighted by Crippen LogP contribution is -2.41. The first-order valence-corrected chi connectivity index (χ1v) is 9.48. The fourth-order valence-corrected chi connectivity index (χ4v) is 5.11. The Hall–Kier alpha value is -1.12. The molecule has 0 spiro atoms. The van der Waals surface area contributed by atoms with Gasteiger partial charge in [0.25, 0.3) is 0 Å². The van der Waals surface area contributed by atoms with Crippen molar-refractivity contribution in [2.45, 2.75) is 31.3 Å². The van der Waals surface area contributed by atoms with Crippen LogP contribution in [0.25, 0.3) is 0 Å². The van der Waals surface area contributed by atoms with Crippen molar-refractivity contribution in [1.29, 1.82) is 0 Å². The van der Waals surface area contributed by atoms with E-state index in [2.05, 4.69) is 0 Å². The summed E-state index contributed by atoms with van der Waals surface area (Å²) in [5, 5.41) is 0.557. The van der Waals surface area contributed by atoms with Crippen LogP contribution in [0.3, 0.4) is 0 Å². The van der Waals surface area contributed by atoms with Gasteiger partial charge < -0.3 is 15.4 Å². The number of hydrogen-bond acceptors (Lipinski definition) is 7. The largest absolute Gasteiger partial charge is 0.396 e. The minimum atomic E-state index is -3.50. The van der Waals surface area contributed by atoms with Crippen molar-refractivity contribution < 1.29 is 17.9 Å². The molecule has 0 bridgehead atoms. The van der Waals surface area contributed by atoms with Gasteiger partial charge in [-0.25, -0.2) is 8.42 Å². The molecule has 1 atom stereocenters. The van der Waals surface area contributed by atoms with Crippen molar-refractivity contribution >= 4 is 37.6 Å². The number of sulfone groups is 1. The molecule has 1 fully saturated rings. The highest BCUT2D eigenvalue weighted by molar-refractivity contribution is 7.91. The second-order valence-electron chi connectivity index (χ2n) is 5.16. The molecule has 118 valence electrons. The number of nitrogens with zero attached hydrogens (tertiary/aromatic N) is 1. The number of morpholine rings is 1. The molecule has 0 radical (unpaired) electrons. The lowest BCUT2D eigenvalue weighted by molar-refractivity contribution is 0.0533. The Balaban J connectivity index is 2.56. The summed E-state index contributed by atoms with van der Waals surface area (Å²) in [6, 6.07) is 0. The second-order valence-corrected chi connectivity index (χ2v) is 8.11. The van der Waals surface area contributed by atoms with E-state index in [1.807, 2.05) is 11.8 Å². The smallest absolute Gasteiger partial charge is 0.180 e. The number of thiophene rings is 1. The minimum Gasteiger partial charge on any atom is -0.396 e. The molecule has 0 aliphatic carbocycles. The molecular weight excluding hydrogens is 312 g/mol. The average Bonchev–Trinajstić information content (AvgIpc) is 2.75. The van der Waals surface area contributed by atoms with Crippen LogP contribution in [-0.4, -0.2) is 46.3 Å². The van der Waals surface area contributed by atoms with Crippen molar-refractivity contribution in [3.63, 3.8) is 0 Å². The summed E-state index contributed by atoms with van der Waals surface area (Å²) in [6.07, 6.45) is 1.44. The van der Waals surface area contributed by atoms with Gasteiger partial charge >= 0.3 is 0 Å². The van der Waals surface area contributed by atoms with Gasteiger partial charge in [0.05, 0.1) is 23.3 Å². The first-order chi connectivity index (χ1) is 9.75. The maximum absolute atomic E-state index is 12.1. The molecule has 1 aliphatic heterocycles. The van der Waals surface area contributed by atoms with E-state index in [4.69, 9.17) is 10.5 Å². The van der Waals surface area contributed by atoms with Crippen molar-refractivity contribution in [3.05, 3.63) is 4.88 Å². The molecule has 2 N–H and O–H groups in total. The van der Waals surface area contributed by atoms with E-state index in [1.54, 1.807) is 6.92 Å². The zero-order chi connectivity index (χ0) is 15.8. The van der Waals surface area contributed by atoms with Crippen molar-refractivity contribution in [3.8, 4) is 0 Å². The number of ketones is 1. The third-order valence-corrected chi connectivity index (χ3v) is 5.95. The zero-order valence-corrected chi connectivity index (χ0v) is 14.0. The maximum atomic E-state index is 12.1. The number of anilines is 2. The fraction of sp³-hybridized carbons (Fsp3) is 0.615. The zero-order valence-electron chi connectivity index (χ0n) is 12.4. The van der Waals surface area contributed by atoms with Gasteiger partial charge in [-0.1, -0.05) is 6.92 Å². The number of nitrogen functional groups attached to an aromatic ring is 1. The predicted octanol–water partition coefficient (Wildman–Crippen LogP) is 1.55. The molecule has 1 saturated heterocycles. The van der Waals surface area contributed by atoms with E-state index in [9.17, 15) is 13.2 Å². The summed E-state index contributed by atoms with van der Waals surface area (Å²) in [4.78, 5) is 14.3. The van der Waals surface area contributed by atoms with Crippen LogP contribution in [0, 0.1) is 0 Å². The van der Waals surface area contributed by atoms with Crippen LogP contribution in [0.2, 0.25) is 0 Å². The van der Waals surface area contributed by atoms with E-state index in [0.717, 1.165) is 6.26 Å². The van der Waals surface area contributed by atoms with Crippen LogP contribution in [-0.2, 0) is 14.6 Å². The van der Waals surface area contributed by atoms with Gasteiger partial charge in [0.2, 0.25) is 0 Å². The molecular formula is C13H20N2O4S2. The molecule has 1 aromatic heterocycles. The molecule has 6 nitrogen and oxygen atoms in total. The molecule has 0 saturated carbocycles. The predicted molar refractivity (Wildman–Crippen MR) is 84.1 cm³/mol. The second kappa shape index (κ2) is 5.94. The fourth-order valence-electron chi connectivity index (χ4n) is 2.35. The van der Waals surface area contributed by atoms with Crippen LogP contribution in [0.4, 0.5) is 10.7 Å². The Morgan fingerprint density at radius 1 is 1.52 bits per heavy atom. The van der Waals surface area contributed by atoms with Gasteiger partial charge in [0, 0.05) is 25.8 Å². The summed E-state index contributed by atoms with van der Waals surface area (Å²) in [7, 11) is -3.50. The number of Topliss-reactive ketones (excluding diaryl/α,β-unsaturated/α-hetero) is 1. The quantitative estimate of drug-likeness (QED) is 0.842. The third kappa shape index (κ3) is 3.22. The van der Waals surface area contributed by atoms with Gasteiger partial charge in [-0.05, 0) is 6.92 Å². The number of carbonyl (C=O) groups excluding carboxylic acids is 1. The minimum absolute atomic E-state index is 0.0137. The van der Waals surface area contributed by atoms with E-state index >= 15 is 0 Å². The summed E-state index contributed by atoms with van der Waals surface area (Å²) < 4.78 is 29.6. The van der Waals surface area contributed by atoms with Gasteiger partial charge in [-0.2, -0.15) is 0 Å². The highest BCUT2D eigenvalue weighted by Crippen LogP contribution is 2.42. The molecule has 1 unspecified atom stereocenters. The van der Waals surface area contributed by atoms with Crippen LogP contribution in [0.1, 0.15) is 29.9 Å². The first kappa shape index (κ1) is 16.3. The number of ether oxygens (including phenoxy) is 1. The Labute approximate surface area is 128 Å². The highest BCUT2D eigenvalue weighted by atomic mass is 32.2. The number of rotatable bonds is 4. The van der Waals surface area contributed by atoms with Crippen LogP contribution >= 0.6 is 11.3 Å². The SMILES string of the molecule is CCC(=O)c1sc(N2CCOC(C)C2)c(S(C)(=O)=O)c1N. The van der Waals surface area contributed by atoms with E-state index in [-0.39, 0.29) is 22.5 Å². The van der Waals surface area contributed by atoms with Crippen LogP contribution in [0.15, 0.2) is 4.90 Å². The Morgan fingerprint density at radius 2 is 2.19 bits per heavy atom. The first-order valence-electron chi connectivity index (χ1n) is 6.77. The molecule has 21 heavy (non-hydrogen) atoms. The average molecular weight is 332 g/mol. The van der Waals surface area contributed by atoms with Crippen molar-refractivity contribution in [1.82, 2.24) is 0 Å². The monoisotopic (exact) mass is 332 g/mol. The number of carbonyl (C=O) groups is 1. The standard InChI is InChI=1S/C13H20N2O4S2/c1-4-9(16)11-10(14)12(21(3,17)18)13(20-11)15-5-6-19-8(2)7-15/h8H,4-7,14H2,1-3H3. The summed E-state index contributed by atoms with van der Waals surface area (Å²) in [6.45, 7) is 5.37. The van der Waals surface area contributed by atoms with Gasteiger partial charge in [-0.3, -0.25) is 4.79 Å². The normalized spacial score (nSPS) is 19.8. The third-order valence-electron chi connectivity index (χ3n) is 3.36. The Morgan fingerprint density at radius 3 is 2.71 bits per heavy atom. The molecule has 0 amide bonds. The lowest BCUT2D eigenvalue weighted by Gasteiger charge is -2.32.